The molecule has 0 saturated carbocycles. The summed E-state index contributed by atoms with van der Waals surface area (Å²) in [6.45, 7) is 0. The maximum Gasteiger partial charge on any atom is 0.286 e. The van der Waals surface area contributed by atoms with Gasteiger partial charge in [-0.1, -0.05) is 18.2 Å². The van der Waals surface area contributed by atoms with Crippen LogP contribution in [0.25, 0.3) is 16.6 Å². The highest BCUT2D eigenvalue weighted by Gasteiger charge is 2.17. The van der Waals surface area contributed by atoms with Crippen LogP contribution in [0.4, 0.5) is 10.1 Å². The van der Waals surface area contributed by atoms with Crippen molar-refractivity contribution in [1.29, 1.82) is 0 Å². The van der Waals surface area contributed by atoms with Crippen molar-refractivity contribution in [3.8, 4) is 28.7 Å². The van der Waals surface area contributed by atoms with Crippen LogP contribution in [0.1, 0.15) is 10.5 Å². The molecule has 0 saturated heterocycles. The number of halogens is 1. The SMILES string of the molecule is COc1cc2nccc(Oc3ccc(NC(=O)c4nccn(-c5ccccc5)c4=O)cc3F)c2cc1OC. The van der Waals surface area contributed by atoms with E-state index >= 15 is 0 Å². The number of para-hydroxylation sites is 1. The monoisotopic (exact) mass is 512 g/mol. The van der Waals surface area contributed by atoms with E-state index in [9.17, 15) is 14.0 Å². The smallest absolute Gasteiger partial charge is 0.286 e. The Kier molecular flexibility index (Phi) is 6.68. The van der Waals surface area contributed by atoms with Crippen LogP contribution in [0.3, 0.4) is 0 Å². The third-order valence-electron chi connectivity index (χ3n) is 5.71. The fourth-order valence-electron chi connectivity index (χ4n) is 3.87. The number of fused-ring (bicyclic) bond motifs is 1. The number of benzene rings is 3. The Morgan fingerprint density at radius 2 is 1.63 bits per heavy atom. The summed E-state index contributed by atoms with van der Waals surface area (Å²) in [5, 5.41) is 3.11. The Hall–Kier alpha value is -5.25. The van der Waals surface area contributed by atoms with E-state index in [4.69, 9.17) is 14.2 Å². The Morgan fingerprint density at radius 3 is 2.37 bits per heavy atom. The first kappa shape index (κ1) is 24.4. The Bertz CT molecular complexity index is 1710. The molecule has 0 aliphatic rings. The van der Waals surface area contributed by atoms with Crippen molar-refractivity contribution in [2.45, 2.75) is 0 Å². The number of methoxy groups -OCH3 is 2. The van der Waals surface area contributed by atoms with Gasteiger partial charge in [0.15, 0.2) is 28.8 Å². The van der Waals surface area contributed by atoms with Crippen LogP contribution in [0.5, 0.6) is 23.0 Å². The molecule has 9 nitrogen and oxygen atoms in total. The van der Waals surface area contributed by atoms with Gasteiger partial charge in [0.1, 0.15) is 5.75 Å². The van der Waals surface area contributed by atoms with E-state index in [0.717, 1.165) is 6.07 Å². The molecule has 10 heteroatoms. The van der Waals surface area contributed by atoms with Gasteiger partial charge in [0.25, 0.3) is 11.5 Å². The summed E-state index contributed by atoms with van der Waals surface area (Å²) in [6.07, 6.45) is 4.35. The third kappa shape index (κ3) is 4.74. The minimum Gasteiger partial charge on any atom is -0.493 e. The van der Waals surface area contributed by atoms with Crippen molar-refractivity contribution in [2.75, 3.05) is 19.5 Å². The first-order chi connectivity index (χ1) is 18.5. The van der Waals surface area contributed by atoms with Gasteiger partial charge in [0.2, 0.25) is 0 Å². The number of anilines is 1. The number of amides is 1. The average Bonchev–Trinajstić information content (AvgIpc) is 2.94. The molecule has 0 fully saturated rings. The van der Waals surface area contributed by atoms with Gasteiger partial charge in [-0.3, -0.25) is 19.1 Å². The Balaban J connectivity index is 1.39. The second-order valence-electron chi connectivity index (χ2n) is 8.02. The highest BCUT2D eigenvalue weighted by Crippen LogP contribution is 2.37. The zero-order valence-corrected chi connectivity index (χ0v) is 20.3. The van der Waals surface area contributed by atoms with Crippen LogP contribution in [0, 0.1) is 5.82 Å². The number of hydrogen-bond donors (Lipinski definition) is 1. The van der Waals surface area contributed by atoms with Gasteiger partial charge in [0.05, 0.1) is 19.7 Å². The Labute approximate surface area is 216 Å². The standard InChI is InChI=1S/C28H21FN4O5/c1-36-24-15-19-21(16-25(24)37-2)30-11-10-22(19)38-23-9-8-17(14-20(23)29)32-27(34)26-28(35)33(13-12-31-26)18-6-4-3-5-7-18/h3-16H,1-2H3,(H,32,34). The zero-order valence-electron chi connectivity index (χ0n) is 20.3. The number of ether oxygens (including phenoxy) is 3. The number of carbonyl (C=O) groups excluding carboxylic acids is 1. The van der Waals surface area contributed by atoms with E-state index in [-0.39, 0.29) is 17.1 Å². The van der Waals surface area contributed by atoms with Gasteiger partial charge in [-0.15, -0.1) is 0 Å². The molecule has 5 rings (SSSR count). The zero-order chi connectivity index (χ0) is 26.6. The third-order valence-corrected chi connectivity index (χ3v) is 5.71. The van der Waals surface area contributed by atoms with Crippen LogP contribution in [-0.2, 0) is 0 Å². The van der Waals surface area contributed by atoms with Crippen LogP contribution >= 0.6 is 0 Å². The molecule has 1 amide bonds. The molecule has 0 aliphatic carbocycles. The van der Waals surface area contributed by atoms with E-state index in [0.29, 0.717) is 33.8 Å². The number of carbonyl (C=O) groups is 1. The first-order valence-corrected chi connectivity index (χ1v) is 11.4. The maximum atomic E-state index is 15.0. The van der Waals surface area contributed by atoms with E-state index in [1.54, 1.807) is 42.5 Å². The molecule has 0 radical (unpaired) electrons. The molecule has 0 atom stereocenters. The van der Waals surface area contributed by atoms with Crippen molar-refractivity contribution >= 4 is 22.5 Å². The number of pyridine rings is 1. The van der Waals surface area contributed by atoms with Crippen molar-refractivity contribution in [1.82, 2.24) is 14.5 Å². The van der Waals surface area contributed by atoms with Gasteiger partial charge in [-0.05, 0) is 36.4 Å². The molecule has 0 unspecified atom stereocenters. The molecule has 0 bridgehead atoms. The lowest BCUT2D eigenvalue weighted by Gasteiger charge is -2.13. The first-order valence-electron chi connectivity index (χ1n) is 11.4. The molecule has 190 valence electrons. The lowest BCUT2D eigenvalue weighted by atomic mass is 10.2. The molecule has 0 aliphatic heterocycles. The fraction of sp³-hybridized carbons (Fsp3) is 0.0714. The highest BCUT2D eigenvalue weighted by molar-refractivity contribution is 6.02. The van der Waals surface area contributed by atoms with Gasteiger partial charge >= 0.3 is 0 Å². The quantitative estimate of drug-likeness (QED) is 0.328. The molecule has 2 aromatic heterocycles. The normalized spacial score (nSPS) is 10.7. The van der Waals surface area contributed by atoms with Crippen LogP contribution < -0.4 is 25.1 Å². The number of hydrogen-bond acceptors (Lipinski definition) is 7. The van der Waals surface area contributed by atoms with E-state index in [2.05, 4.69) is 15.3 Å². The minimum atomic E-state index is -0.769. The number of nitrogens with zero attached hydrogens (tertiary/aromatic N) is 3. The predicted molar refractivity (Wildman–Crippen MR) is 139 cm³/mol. The summed E-state index contributed by atoms with van der Waals surface area (Å²) in [4.78, 5) is 33.9. The molecule has 3 aromatic carbocycles. The molecule has 0 spiro atoms. The van der Waals surface area contributed by atoms with Crippen molar-refractivity contribution in [3.63, 3.8) is 0 Å². The summed E-state index contributed by atoms with van der Waals surface area (Å²) in [6, 6.07) is 17.7. The Morgan fingerprint density at radius 1 is 0.868 bits per heavy atom. The van der Waals surface area contributed by atoms with E-state index < -0.39 is 17.3 Å². The fourth-order valence-corrected chi connectivity index (χ4v) is 3.87. The largest absolute Gasteiger partial charge is 0.493 e. The van der Waals surface area contributed by atoms with Gasteiger partial charge in [0, 0.05) is 47.5 Å². The van der Waals surface area contributed by atoms with Gasteiger partial charge < -0.3 is 19.5 Å². The lowest BCUT2D eigenvalue weighted by Crippen LogP contribution is -2.29. The summed E-state index contributed by atoms with van der Waals surface area (Å²) in [5.41, 5.74) is 0.349. The summed E-state index contributed by atoms with van der Waals surface area (Å²) >= 11 is 0. The van der Waals surface area contributed by atoms with Crippen molar-refractivity contribution in [2.24, 2.45) is 0 Å². The summed E-state index contributed by atoms with van der Waals surface area (Å²) in [7, 11) is 3.03. The van der Waals surface area contributed by atoms with Gasteiger partial charge in [-0.25, -0.2) is 9.37 Å². The molecule has 1 N–H and O–H groups in total. The second-order valence-corrected chi connectivity index (χ2v) is 8.02. The summed E-state index contributed by atoms with van der Waals surface area (Å²) < 4.78 is 32.8. The topological polar surface area (TPSA) is 105 Å². The number of rotatable bonds is 7. The van der Waals surface area contributed by atoms with E-state index in [1.807, 2.05) is 6.07 Å². The summed E-state index contributed by atoms with van der Waals surface area (Å²) in [5.74, 6) is -0.252. The molecular formula is C28H21FN4O5. The van der Waals surface area contributed by atoms with E-state index in [1.165, 1.54) is 49.5 Å². The van der Waals surface area contributed by atoms with Crippen molar-refractivity contribution < 1.29 is 23.4 Å². The molecular weight excluding hydrogens is 491 g/mol. The number of nitrogens with one attached hydrogen (secondary N) is 1. The van der Waals surface area contributed by atoms with Crippen molar-refractivity contribution in [3.05, 3.63) is 107 Å². The molecule has 38 heavy (non-hydrogen) atoms. The second kappa shape index (κ2) is 10.4. The maximum absolute atomic E-state index is 15.0. The highest BCUT2D eigenvalue weighted by atomic mass is 19.1. The molecule has 2 heterocycles. The average molecular weight is 512 g/mol. The number of aromatic nitrogens is 3. The molecule has 5 aromatic rings. The predicted octanol–water partition coefficient (Wildman–Crippen LogP) is 4.98. The van der Waals surface area contributed by atoms with Crippen LogP contribution in [-0.4, -0.2) is 34.7 Å². The van der Waals surface area contributed by atoms with Crippen LogP contribution in [0.2, 0.25) is 0 Å². The van der Waals surface area contributed by atoms with Gasteiger partial charge in [-0.2, -0.15) is 0 Å². The minimum absolute atomic E-state index is 0.0745. The lowest BCUT2D eigenvalue weighted by molar-refractivity contribution is 0.102. The van der Waals surface area contributed by atoms with Crippen LogP contribution in [0.15, 0.2) is 90.1 Å².